The lowest BCUT2D eigenvalue weighted by Crippen LogP contribution is -2.29. The van der Waals surface area contributed by atoms with E-state index in [2.05, 4.69) is 0 Å². The molecule has 0 spiro atoms. The van der Waals surface area contributed by atoms with Gasteiger partial charge in [-0.1, -0.05) is 53.7 Å². The summed E-state index contributed by atoms with van der Waals surface area (Å²) >= 11 is 9.05. The second-order valence-electron chi connectivity index (χ2n) is 7.21. The lowest BCUT2D eigenvalue weighted by Gasteiger charge is -2.17. The highest BCUT2D eigenvalue weighted by Crippen LogP contribution is 2.51. The number of hydrogen-bond donors (Lipinski definition) is 0. The van der Waals surface area contributed by atoms with Crippen LogP contribution in [-0.2, 0) is 11.3 Å². The number of carbonyl (C=O) groups is 1. The van der Waals surface area contributed by atoms with Gasteiger partial charge < -0.3 is 4.90 Å². The van der Waals surface area contributed by atoms with Crippen molar-refractivity contribution in [3.63, 3.8) is 0 Å². The Morgan fingerprint density at radius 1 is 1.00 bits per heavy atom. The van der Waals surface area contributed by atoms with E-state index in [1.807, 2.05) is 60.5 Å². The molecule has 1 fully saturated rings. The molecular weight excluding hydrogens is 465 g/mol. The van der Waals surface area contributed by atoms with Crippen LogP contribution in [0.25, 0.3) is 0 Å². The number of nitrogens with zero attached hydrogens (tertiary/aromatic N) is 3. The standard InChI is InChI=1S/C24H17ClFN3OS2/c1-28-19-13-16(25)7-12-20(19)31-23(28)21-22(30)29(18-10-8-17(26)9-11-18)24(32-21)27-14-15-5-3-2-4-6-15/h2-13H,14H2,1H3. The number of fused-ring (bicyclic) bond motifs is 1. The summed E-state index contributed by atoms with van der Waals surface area (Å²) in [4.78, 5) is 23.5. The third kappa shape index (κ3) is 3.92. The summed E-state index contributed by atoms with van der Waals surface area (Å²) in [5.74, 6) is -0.533. The van der Waals surface area contributed by atoms with Crippen LogP contribution in [-0.4, -0.2) is 18.1 Å². The van der Waals surface area contributed by atoms with E-state index in [1.54, 1.807) is 17.0 Å². The van der Waals surface area contributed by atoms with E-state index in [0.717, 1.165) is 21.2 Å². The van der Waals surface area contributed by atoms with E-state index >= 15 is 0 Å². The predicted octanol–water partition coefficient (Wildman–Crippen LogP) is 6.53. The van der Waals surface area contributed by atoms with E-state index in [9.17, 15) is 9.18 Å². The first-order valence-corrected chi connectivity index (χ1v) is 11.8. The minimum atomic E-state index is -0.354. The van der Waals surface area contributed by atoms with Crippen molar-refractivity contribution in [2.24, 2.45) is 4.99 Å². The van der Waals surface area contributed by atoms with E-state index < -0.39 is 0 Å². The summed E-state index contributed by atoms with van der Waals surface area (Å²) in [7, 11) is 1.92. The molecule has 160 valence electrons. The molecule has 0 aliphatic carbocycles. The van der Waals surface area contributed by atoms with Gasteiger partial charge in [0.25, 0.3) is 5.91 Å². The molecule has 1 saturated heterocycles. The second kappa shape index (κ2) is 8.65. The summed E-state index contributed by atoms with van der Waals surface area (Å²) in [6, 6.07) is 21.4. The van der Waals surface area contributed by atoms with E-state index in [1.165, 1.54) is 35.7 Å². The molecule has 2 aliphatic heterocycles. The average molecular weight is 482 g/mol. The molecule has 3 aromatic carbocycles. The zero-order chi connectivity index (χ0) is 22.2. The lowest BCUT2D eigenvalue weighted by atomic mass is 10.2. The molecule has 4 nitrogen and oxygen atoms in total. The monoisotopic (exact) mass is 481 g/mol. The Balaban J connectivity index is 1.55. The van der Waals surface area contributed by atoms with Crippen LogP contribution in [0.15, 0.2) is 92.6 Å². The fourth-order valence-electron chi connectivity index (χ4n) is 3.49. The van der Waals surface area contributed by atoms with Crippen LogP contribution in [0.3, 0.4) is 0 Å². The molecule has 3 aromatic rings. The lowest BCUT2D eigenvalue weighted by molar-refractivity contribution is -0.113. The molecule has 0 aromatic heterocycles. The van der Waals surface area contributed by atoms with Crippen molar-refractivity contribution in [1.29, 1.82) is 0 Å². The van der Waals surface area contributed by atoms with Crippen LogP contribution in [0, 0.1) is 5.82 Å². The van der Waals surface area contributed by atoms with Gasteiger partial charge in [0, 0.05) is 17.0 Å². The second-order valence-corrected chi connectivity index (χ2v) is 9.66. The first-order valence-electron chi connectivity index (χ1n) is 9.83. The van der Waals surface area contributed by atoms with Crippen molar-refractivity contribution in [3.05, 3.63) is 99.1 Å². The molecular formula is C24H17ClFN3OS2. The van der Waals surface area contributed by atoms with Crippen LogP contribution in [0.4, 0.5) is 15.8 Å². The van der Waals surface area contributed by atoms with Crippen molar-refractivity contribution < 1.29 is 9.18 Å². The van der Waals surface area contributed by atoms with Crippen molar-refractivity contribution >= 4 is 57.6 Å². The van der Waals surface area contributed by atoms with E-state index in [0.29, 0.717) is 27.3 Å². The van der Waals surface area contributed by atoms with Crippen LogP contribution >= 0.6 is 35.1 Å². The maximum atomic E-state index is 13.6. The first kappa shape index (κ1) is 21.1. The van der Waals surface area contributed by atoms with Gasteiger partial charge in [-0.2, -0.15) is 0 Å². The summed E-state index contributed by atoms with van der Waals surface area (Å²) in [5, 5.41) is 2.04. The Morgan fingerprint density at radius 3 is 2.50 bits per heavy atom. The molecule has 0 unspecified atom stereocenters. The fourth-order valence-corrected chi connectivity index (χ4v) is 5.96. The molecule has 0 atom stereocenters. The molecule has 2 aliphatic rings. The zero-order valence-electron chi connectivity index (χ0n) is 17.0. The first-order chi connectivity index (χ1) is 15.5. The Bertz CT molecular complexity index is 1260. The molecule has 8 heteroatoms. The predicted molar refractivity (Wildman–Crippen MR) is 132 cm³/mol. The van der Waals surface area contributed by atoms with Gasteiger partial charge in [0.1, 0.15) is 10.7 Å². The van der Waals surface area contributed by atoms with Gasteiger partial charge >= 0.3 is 0 Å². The summed E-state index contributed by atoms with van der Waals surface area (Å²) in [6.45, 7) is 0.440. The Morgan fingerprint density at radius 2 is 1.75 bits per heavy atom. The van der Waals surface area contributed by atoms with Gasteiger partial charge in [-0.05, 0) is 59.8 Å². The number of aliphatic imine (C=N–C) groups is 1. The van der Waals surface area contributed by atoms with E-state index in [-0.39, 0.29) is 11.7 Å². The Kier molecular flexibility index (Phi) is 5.71. The van der Waals surface area contributed by atoms with Crippen LogP contribution < -0.4 is 9.80 Å². The Labute approximate surface area is 198 Å². The number of thioether (sulfide) groups is 2. The summed E-state index contributed by atoms with van der Waals surface area (Å²) in [6.07, 6.45) is 0. The number of benzene rings is 3. The third-order valence-electron chi connectivity index (χ3n) is 5.09. The normalized spacial score (nSPS) is 19.2. The number of amides is 1. The highest BCUT2D eigenvalue weighted by Gasteiger charge is 2.40. The largest absolute Gasteiger partial charge is 0.337 e. The van der Waals surface area contributed by atoms with Gasteiger partial charge in [0.2, 0.25) is 0 Å². The molecule has 1 amide bonds. The number of halogens is 2. The highest BCUT2D eigenvalue weighted by molar-refractivity contribution is 8.20. The van der Waals surface area contributed by atoms with Gasteiger partial charge in [0.05, 0.1) is 22.9 Å². The SMILES string of the molecule is CN1C(=C2SC(=NCc3ccccc3)N(c3ccc(F)cc3)C2=O)Sc2ccc(Cl)cc21. The van der Waals surface area contributed by atoms with Gasteiger partial charge in [0.15, 0.2) is 5.17 Å². The van der Waals surface area contributed by atoms with Crippen LogP contribution in [0.1, 0.15) is 5.56 Å². The molecule has 0 radical (unpaired) electrons. The highest BCUT2D eigenvalue weighted by atomic mass is 35.5. The number of anilines is 2. The molecule has 0 bridgehead atoms. The molecule has 0 saturated carbocycles. The number of rotatable bonds is 3. The molecule has 32 heavy (non-hydrogen) atoms. The van der Waals surface area contributed by atoms with Crippen LogP contribution in [0.2, 0.25) is 5.02 Å². The Hall–Kier alpha value is -2.74. The number of carbonyl (C=O) groups excluding carboxylic acids is 1. The third-order valence-corrected chi connectivity index (χ3v) is 7.76. The number of hydrogen-bond acceptors (Lipinski definition) is 5. The van der Waals surface area contributed by atoms with Crippen molar-refractivity contribution in [3.8, 4) is 0 Å². The van der Waals surface area contributed by atoms with Crippen molar-refractivity contribution in [2.45, 2.75) is 11.4 Å². The minimum Gasteiger partial charge on any atom is -0.337 e. The topological polar surface area (TPSA) is 35.9 Å². The number of amidine groups is 1. The molecule has 5 rings (SSSR count). The van der Waals surface area contributed by atoms with Gasteiger partial charge in [-0.3, -0.25) is 14.7 Å². The smallest absolute Gasteiger partial charge is 0.274 e. The van der Waals surface area contributed by atoms with Gasteiger partial charge in [-0.15, -0.1) is 0 Å². The maximum absolute atomic E-state index is 13.6. The van der Waals surface area contributed by atoms with Crippen molar-refractivity contribution in [2.75, 3.05) is 16.8 Å². The average Bonchev–Trinajstić information content (AvgIpc) is 3.30. The fraction of sp³-hybridized carbons (Fsp3) is 0.0833. The summed E-state index contributed by atoms with van der Waals surface area (Å²) in [5.41, 5.74) is 2.58. The van der Waals surface area contributed by atoms with E-state index in [4.69, 9.17) is 16.6 Å². The minimum absolute atomic E-state index is 0.179. The zero-order valence-corrected chi connectivity index (χ0v) is 19.3. The maximum Gasteiger partial charge on any atom is 0.274 e. The van der Waals surface area contributed by atoms with Crippen LogP contribution in [0.5, 0.6) is 0 Å². The van der Waals surface area contributed by atoms with Gasteiger partial charge in [-0.25, -0.2) is 4.39 Å². The quantitative estimate of drug-likeness (QED) is 0.398. The molecule has 2 heterocycles. The summed E-state index contributed by atoms with van der Waals surface area (Å²) < 4.78 is 13.5. The van der Waals surface area contributed by atoms with Crippen molar-refractivity contribution in [1.82, 2.24) is 0 Å². The molecule has 0 N–H and O–H groups in total.